The molecule has 0 aliphatic rings. The molecule has 0 saturated carbocycles. The van der Waals surface area contributed by atoms with Gasteiger partial charge in [0.2, 0.25) is 0 Å². The molecule has 0 atom stereocenters. The molecule has 1 rings (SSSR count). The van der Waals surface area contributed by atoms with E-state index in [9.17, 15) is 13.2 Å². The molecule has 0 aliphatic heterocycles. The first kappa shape index (κ1) is 9.56. The lowest BCUT2D eigenvalue weighted by molar-refractivity contribution is 0.141. The molecule has 12 heavy (non-hydrogen) atoms. The summed E-state index contributed by atoms with van der Waals surface area (Å²) in [6.45, 7) is 0. The second kappa shape index (κ2) is 3.46. The Morgan fingerprint density at radius 2 is 2.08 bits per heavy atom. The van der Waals surface area contributed by atoms with E-state index in [1.165, 1.54) is 22.6 Å². The fraction of sp³-hybridized carbons (Fsp3) is 0.167. The van der Waals surface area contributed by atoms with Crippen LogP contribution in [0.2, 0.25) is 0 Å². The highest BCUT2D eigenvalue weighted by atomic mass is 127. The highest BCUT2D eigenvalue weighted by molar-refractivity contribution is 14.1. The van der Waals surface area contributed by atoms with E-state index in [1.807, 2.05) is 0 Å². The topological polar surface area (TPSA) is 33.1 Å². The van der Waals surface area contributed by atoms with Crippen LogP contribution in [0.3, 0.4) is 0 Å². The molecule has 0 spiro atoms. The van der Waals surface area contributed by atoms with Gasteiger partial charge >= 0.3 is 0 Å². The van der Waals surface area contributed by atoms with E-state index in [-0.39, 0.29) is 3.70 Å². The fourth-order valence-corrected chi connectivity index (χ4v) is 1.11. The average Bonchev–Trinajstić information content (AvgIpc) is 1.97. The normalized spacial score (nSPS) is 10.8. The van der Waals surface area contributed by atoms with Gasteiger partial charge in [0.25, 0.3) is 6.43 Å². The summed E-state index contributed by atoms with van der Waals surface area (Å²) < 4.78 is 36.6. The molecule has 0 saturated heterocycles. The number of pyridine rings is 1. The van der Waals surface area contributed by atoms with Gasteiger partial charge < -0.3 is 5.11 Å². The molecule has 6 heteroatoms. The Hall–Kier alpha value is -0.530. The van der Waals surface area contributed by atoms with E-state index in [4.69, 9.17) is 5.11 Å². The van der Waals surface area contributed by atoms with E-state index < -0.39 is 23.6 Å². The lowest BCUT2D eigenvalue weighted by Crippen LogP contribution is -1.95. The van der Waals surface area contributed by atoms with E-state index in [0.29, 0.717) is 6.20 Å². The SMILES string of the molecule is Oc1c(I)ncc(F)c1C(F)F. The minimum absolute atomic E-state index is 0.0377. The maximum absolute atomic E-state index is 12.6. The van der Waals surface area contributed by atoms with Crippen LogP contribution >= 0.6 is 22.6 Å². The number of hydrogen-bond acceptors (Lipinski definition) is 2. The predicted octanol–water partition coefficient (Wildman–Crippen LogP) is 2.47. The van der Waals surface area contributed by atoms with Gasteiger partial charge in [0, 0.05) is 0 Å². The molecule has 1 N–H and O–H groups in total. The summed E-state index contributed by atoms with van der Waals surface area (Å²) in [6, 6.07) is 0. The van der Waals surface area contributed by atoms with Crippen LogP contribution in [0.15, 0.2) is 6.20 Å². The van der Waals surface area contributed by atoms with E-state index >= 15 is 0 Å². The van der Waals surface area contributed by atoms with Crippen molar-refractivity contribution in [3.05, 3.63) is 21.3 Å². The lowest BCUT2D eigenvalue weighted by Gasteiger charge is -2.04. The average molecular weight is 289 g/mol. The molecule has 1 aromatic rings. The lowest BCUT2D eigenvalue weighted by atomic mass is 10.2. The van der Waals surface area contributed by atoms with Crippen molar-refractivity contribution in [2.24, 2.45) is 0 Å². The minimum atomic E-state index is -3.03. The van der Waals surface area contributed by atoms with Gasteiger partial charge in [-0.3, -0.25) is 0 Å². The molecule has 0 aliphatic carbocycles. The fourth-order valence-electron chi connectivity index (χ4n) is 0.676. The van der Waals surface area contributed by atoms with Crippen molar-refractivity contribution in [1.29, 1.82) is 0 Å². The summed E-state index contributed by atoms with van der Waals surface area (Å²) in [6.07, 6.45) is -2.37. The van der Waals surface area contributed by atoms with E-state index in [0.717, 1.165) is 0 Å². The Morgan fingerprint density at radius 1 is 1.50 bits per heavy atom. The van der Waals surface area contributed by atoms with Gasteiger partial charge in [0.05, 0.1) is 11.8 Å². The second-order valence-electron chi connectivity index (χ2n) is 1.96. The van der Waals surface area contributed by atoms with Gasteiger partial charge in [-0.1, -0.05) is 0 Å². The first-order valence-electron chi connectivity index (χ1n) is 2.85. The zero-order valence-corrected chi connectivity index (χ0v) is 7.72. The van der Waals surface area contributed by atoms with E-state index in [2.05, 4.69) is 4.98 Å². The van der Waals surface area contributed by atoms with Crippen LogP contribution in [0.25, 0.3) is 0 Å². The highest BCUT2D eigenvalue weighted by Crippen LogP contribution is 2.32. The molecule has 0 radical (unpaired) electrons. The van der Waals surface area contributed by atoms with Crippen LogP contribution in [0.5, 0.6) is 5.75 Å². The van der Waals surface area contributed by atoms with Crippen molar-refractivity contribution in [2.75, 3.05) is 0 Å². The Morgan fingerprint density at radius 3 is 2.50 bits per heavy atom. The number of aromatic hydroxyl groups is 1. The molecule has 0 fully saturated rings. The third-order valence-electron chi connectivity index (χ3n) is 1.22. The molecule has 0 bridgehead atoms. The standard InChI is InChI=1S/C6H3F3INO/c7-2-1-11-6(10)4(12)3(2)5(8)9/h1,5,12H. The summed E-state index contributed by atoms with van der Waals surface area (Å²) in [4.78, 5) is 3.35. The number of halogens is 4. The minimum Gasteiger partial charge on any atom is -0.505 e. The van der Waals surface area contributed by atoms with Gasteiger partial charge in [-0.2, -0.15) is 0 Å². The van der Waals surface area contributed by atoms with Gasteiger partial charge in [-0.05, 0) is 22.6 Å². The van der Waals surface area contributed by atoms with Crippen molar-refractivity contribution < 1.29 is 18.3 Å². The van der Waals surface area contributed by atoms with Crippen LogP contribution in [0.4, 0.5) is 13.2 Å². The third-order valence-corrected chi connectivity index (χ3v) is 2.01. The Bertz CT molecular complexity index is 305. The van der Waals surface area contributed by atoms with Crippen molar-refractivity contribution in [3.63, 3.8) is 0 Å². The van der Waals surface area contributed by atoms with Crippen molar-refractivity contribution in [2.45, 2.75) is 6.43 Å². The zero-order valence-electron chi connectivity index (χ0n) is 5.56. The first-order chi connectivity index (χ1) is 5.54. The number of alkyl halides is 2. The summed E-state index contributed by atoms with van der Waals surface area (Å²) in [7, 11) is 0. The van der Waals surface area contributed by atoms with Crippen molar-refractivity contribution >= 4 is 22.6 Å². The second-order valence-corrected chi connectivity index (χ2v) is 2.98. The highest BCUT2D eigenvalue weighted by Gasteiger charge is 2.20. The van der Waals surface area contributed by atoms with Crippen LogP contribution in [0, 0.1) is 9.52 Å². The van der Waals surface area contributed by atoms with Crippen molar-refractivity contribution in [1.82, 2.24) is 4.98 Å². The third kappa shape index (κ3) is 1.62. The monoisotopic (exact) mass is 289 g/mol. The largest absolute Gasteiger partial charge is 0.505 e. The molecule has 1 heterocycles. The molecule has 0 aromatic carbocycles. The number of nitrogens with zero attached hydrogens (tertiary/aromatic N) is 1. The molecule has 1 aromatic heterocycles. The molecular formula is C6H3F3INO. The summed E-state index contributed by atoms with van der Waals surface area (Å²) in [5, 5.41) is 8.96. The quantitative estimate of drug-likeness (QED) is 0.636. The molecule has 2 nitrogen and oxygen atoms in total. The number of aromatic nitrogens is 1. The summed E-state index contributed by atoms with van der Waals surface area (Å²) in [5.74, 6) is -1.98. The molecular weight excluding hydrogens is 286 g/mol. The van der Waals surface area contributed by atoms with Crippen molar-refractivity contribution in [3.8, 4) is 5.75 Å². The zero-order chi connectivity index (χ0) is 9.30. The van der Waals surface area contributed by atoms with Gasteiger partial charge in [0.15, 0.2) is 11.6 Å². The van der Waals surface area contributed by atoms with Gasteiger partial charge in [-0.15, -0.1) is 0 Å². The van der Waals surface area contributed by atoms with Gasteiger partial charge in [0.1, 0.15) is 3.70 Å². The van der Waals surface area contributed by atoms with Crippen LogP contribution < -0.4 is 0 Å². The maximum Gasteiger partial charge on any atom is 0.270 e. The Kier molecular flexibility index (Phi) is 2.76. The smallest absolute Gasteiger partial charge is 0.270 e. The van der Waals surface area contributed by atoms with Crippen LogP contribution in [0.1, 0.15) is 12.0 Å². The Balaban J connectivity index is 3.33. The molecule has 0 amide bonds. The van der Waals surface area contributed by atoms with E-state index in [1.54, 1.807) is 0 Å². The molecule has 0 unspecified atom stereocenters. The predicted molar refractivity (Wildman–Crippen MR) is 43.5 cm³/mol. The number of rotatable bonds is 1. The van der Waals surface area contributed by atoms with Crippen LogP contribution in [-0.2, 0) is 0 Å². The number of hydrogen-bond donors (Lipinski definition) is 1. The maximum atomic E-state index is 12.6. The summed E-state index contributed by atoms with van der Waals surface area (Å²) in [5.41, 5.74) is -0.991. The molecule has 66 valence electrons. The Labute approximate surface area is 79.6 Å². The van der Waals surface area contributed by atoms with Crippen LogP contribution in [-0.4, -0.2) is 10.1 Å². The summed E-state index contributed by atoms with van der Waals surface area (Å²) >= 11 is 1.54. The first-order valence-corrected chi connectivity index (χ1v) is 3.93. The van der Waals surface area contributed by atoms with Gasteiger partial charge in [-0.25, -0.2) is 18.2 Å².